The molecule has 1 aromatic carbocycles. The van der Waals surface area contributed by atoms with E-state index in [0.717, 1.165) is 12.5 Å². The van der Waals surface area contributed by atoms with E-state index in [2.05, 4.69) is 4.98 Å². The fourth-order valence-corrected chi connectivity index (χ4v) is 5.27. The molecule has 5 atom stereocenters. The molecular weight excluding hydrogens is 430 g/mol. The quantitative estimate of drug-likeness (QED) is 0.534. The van der Waals surface area contributed by atoms with E-state index in [1.54, 1.807) is 19.9 Å². The normalized spacial score (nSPS) is 29.2. The number of pyridine rings is 1. The van der Waals surface area contributed by atoms with Gasteiger partial charge in [-0.2, -0.15) is 0 Å². The summed E-state index contributed by atoms with van der Waals surface area (Å²) in [5.41, 5.74) is -1.21. The van der Waals surface area contributed by atoms with Crippen molar-refractivity contribution in [3.63, 3.8) is 0 Å². The van der Waals surface area contributed by atoms with E-state index in [1.165, 1.54) is 7.11 Å². The second-order valence-corrected chi connectivity index (χ2v) is 8.82. The first-order chi connectivity index (χ1) is 15.6. The molecule has 2 aromatic rings. The van der Waals surface area contributed by atoms with Crippen molar-refractivity contribution in [1.82, 2.24) is 4.98 Å². The number of ether oxygens (including phenoxy) is 3. The third-order valence-electron chi connectivity index (χ3n) is 6.74. The van der Waals surface area contributed by atoms with Crippen molar-refractivity contribution in [2.75, 3.05) is 7.11 Å². The SMILES string of the molecule is CCCc1nc(C)cc2c1C(=O)c1cc(=O)c3c(c(O)c1-2)O[C@H]1O[C@H](C)[C@@H](OC)[C@H](O)[C@]31O. The Labute approximate surface area is 189 Å². The molecule has 1 aliphatic carbocycles. The number of aliphatic hydroxyl groups excluding tert-OH is 1. The van der Waals surface area contributed by atoms with Crippen molar-refractivity contribution >= 4 is 5.78 Å². The zero-order valence-electron chi connectivity index (χ0n) is 18.7. The minimum atomic E-state index is -2.29. The van der Waals surface area contributed by atoms with Gasteiger partial charge in [-0.15, -0.1) is 0 Å². The van der Waals surface area contributed by atoms with Crippen LogP contribution in [0.5, 0.6) is 11.5 Å². The number of ketones is 1. The van der Waals surface area contributed by atoms with E-state index < -0.39 is 47.2 Å². The standard InChI is InChI=1S/C24H25NO8/c1-5-6-13-16-11(7-9(2)25-13)15-12(18(16)27)8-14(26)17-21(19(15)28)33-23-24(17,30)22(29)20(31-4)10(3)32-23/h7-8,10,20,22-23,28-30H,5-6H2,1-4H3/t10-,20-,22+,23-,24-/m1/s1. The fourth-order valence-electron chi connectivity index (χ4n) is 5.27. The molecule has 0 amide bonds. The number of aromatic nitrogens is 1. The number of nitrogens with zero attached hydrogens (tertiary/aromatic N) is 1. The lowest BCUT2D eigenvalue weighted by atomic mass is 9.82. The van der Waals surface area contributed by atoms with E-state index >= 15 is 0 Å². The Morgan fingerprint density at radius 1 is 1.21 bits per heavy atom. The van der Waals surface area contributed by atoms with Gasteiger partial charge in [0.25, 0.3) is 0 Å². The van der Waals surface area contributed by atoms with E-state index in [1.807, 2.05) is 6.92 Å². The minimum Gasteiger partial charge on any atom is -0.504 e. The van der Waals surface area contributed by atoms with Crippen LogP contribution in [-0.2, 0) is 21.5 Å². The summed E-state index contributed by atoms with van der Waals surface area (Å²) in [6.45, 7) is 5.40. The number of aromatic hydroxyl groups is 1. The number of carbonyl (C=O) groups excluding carboxylic acids is 1. The smallest absolute Gasteiger partial charge is 0.236 e. The van der Waals surface area contributed by atoms with Gasteiger partial charge in [0.15, 0.2) is 28.3 Å². The Bertz CT molecular complexity index is 1260. The molecule has 0 spiro atoms. The minimum absolute atomic E-state index is 0.00159. The van der Waals surface area contributed by atoms with Crippen molar-refractivity contribution in [3.8, 4) is 22.6 Å². The van der Waals surface area contributed by atoms with Gasteiger partial charge < -0.3 is 29.5 Å². The molecule has 174 valence electrons. The van der Waals surface area contributed by atoms with Gasteiger partial charge in [-0.1, -0.05) is 13.3 Å². The lowest BCUT2D eigenvalue weighted by Crippen LogP contribution is -2.63. The summed E-state index contributed by atoms with van der Waals surface area (Å²) >= 11 is 0. The van der Waals surface area contributed by atoms with Gasteiger partial charge in [0.2, 0.25) is 6.29 Å². The summed E-state index contributed by atoms with van der Waals surface area (Å²) in [6.07, 6.45) is -3.30. The first-order valence-corrected chi connectivity index (χ1v) is 10.9. The van der Waals surface area contributed by atoms with E-state index in [0.29, 0.717) is 28.9 Å². The van der Waals surface area contributed by atoms with Crippen LogP contribution in [0.15, 0.2) is 16.9 Å². The third kappa shape index (κ3) is 2.77. The number of hydrogen-bond acceptors (Lipinski definition) is 9. The highest BCUT2D eigenvalue weighted by Gasteiger charge is 2.63. The maximum Gasteiger partial charge on any atom is 0.236 e. The fraction of sp³-hybridized carbons (Fsp3) is 0.458. The maximum atomic E-state index is 13.4. The predicted molar refractivity (Wildman–Crippen MR) is 115 cm³/mol. The van der Waals surface area contributed by atoms with Gasteiger partial charge >= 0.3 is 0 Å². The number of fused-ring (bicyclic) bond motifs is 6. The average Bonchev–Trinajstić information content (AvgIpc) is 3.16. The highest BCUT2D eigenvalue weighted by Crippen LogP contribution is 2.54. The van der Waals surface area contributed by atoms with Gasteiger partial charge in [-0.05, 0) is 32.4 Å². The molecule has 9 nitrogen and oxygen atoms in total. The number of methoxy groups -OCH3 is 1. The first-order valence-electron chi connectivity index (χ1n) is 10.9. The zero-order valence-corrected chi connectivity index (χ0v) is 18.7. The van der Waals surface area contributed by atoms with Gasteiger partial charge in [0, 0.05) is 29.5 Å². The van der Waals surface area contributed by atoms with Gasteiger partial charge in [0.05, 0.1) is 22.9 Å². The number of carbonyl (C=O) groups is 1. The molecule has 0 radical (unpaired) electrons. The molecule has 3 aliphatic rings. The van der Waals surface area contributed by atoms with Crippen LogP contribution in [0.4, 0.5) is 0 Å². The summed E-state index contributed by atoms with van der Waals surface area (Å²) in [7, 11) is 1.35. The Hall–Kier alpha value is -2.85. The van der Waals surface area contributed by atoms with Crippen LogP contribution in [-0.4, -0.2) is 57.8 Å². The van der Waals surface area contributed by atoms with Crippen molar-refractivity contribution in [2.24, 2.45) is 0 Å². The van der Waals surface area contributed by atoms with Crippen LogP contribution in [0, 0.1) is 6.92 Å². The van der Waals surface area contributed by atoms with Crippen molar-refractivity contribution in [3.05, 3.63) is 50.4 Å². The molecule has 0 unspecified atom stereocenters. The lowest BCUT2D eigenvalue weighted by Gasteiger charge is -2.44. The maximum absolute atomic E-state index is 13.4. The Morgan fingerprint density at radius 2 is 1.94 bits per heavy atom. The summed E-state index contributed by atoms with van der Waals surface area (Å²) in [6, 6.07) is 2.76. The van der Waals surface area contributed by atoms with Crippen molar-refractivity contribution in [2.45, 2.75) is 63.8 Å². The van der Waals surface area contributed by atoms with Crippen molar-refractivity contribution < 1.29 is 34.3 Å². The van der Waals surface area contributed by atoms with Gasteiger partial charge in [-0.25, -0.2) is 0 Å². The molecular formula is C24H25NO8. The van der Waals surface area contributed by atoms with Crippen LogP contribution in [0.1, 0.15) is 53.1 Å². The molecule has 1 fully saturated rings. The predicted octanol–water partition coefficient (Wildman–Crippen LogP) is 1.32. The molecule has 0 bridgehead atoms. The van der Waals surface area contributed by atoms with Crippen LogP contribution < -0.4 is 10.2 Å². The summed E-state index contributed by atoms with van der Waals surface area (Å²) in [5, 5.41) is 33.7. The molecule has 3 heterocycles. The van der Waals surface area contributed by atoms with Gasteiger partial charge in [-0.3, -0.25) is 14.6 Å². The number of hydrogen-bond donors (Lipinski definition) is 3. The Morgan fingerprint density at radius 3 is 2.61 bits per heavy atom. The van der Waals surface area contributed by atoms with Crippen molar-refractivity contribution in [1.29, 1.82) is 0 Å². The molecule has 9 heteroatoms. The molecule has 1 saturated heterocycles. The topological polar surface area (TPSA) is 135 Å². The average molecular weight is 455 g/mol. The Kier molecular flexibility index (Phi) is 4.88. The first kappa shape index (κ1) is 22.0. The zero-order chi connectivity index (χ0) is 23.8. The second kappa shape index (κ2) is 7.33. The highest BCUT2D eigenvalue weighted by atomic mass is 16.7. The lowest BCUT2D eigenvalue weighted by molar-refractivity contribution is -0.310. The monoisotopic (exact) mass is 455 g/mol. The van der Waals surface area contributed by atoms with E-state index in [4.69, 9.17) is 14.2 Å². The summed E-state index contributed by atoms with van der Waals surface area (Å²) in [4.78, 5) is 31.2. The molecule has 5 rings (SSSR count). The molecule has 2 aliphatic heterocycles. The number of rotatable bonds is 3. The number of aliphatic hydroxyl groups is 2. The van der Waals surface area contributed by atoms with Crippen LogP contribution >= 0.6 is 0 Å². The third-order valence-corrected chi connectivity index (χ3v) is 6.74. The Balaban J connectivity index is 1.80. The second-order valence-electron chi connectivity index (χ2n) is 8.82. The highest BCUT2D eigenvalue weighted by molar-refractivity contribution is 6.23. The molecule has 3 N–H and O–H groups in total. The van der Waals surface area contributed by atoms with E-state index in [9.17, 15) is 24.9 Å². The van der Waals surface area contributed by atoms with Gasteiger partial charge in [0.1, 0.15) is 12.2 Å². The van der Waals surface area contributed by atoms with Crippen LogP contribution in [0.3, 0.4) is 0 Å². The molecule has 1 aromatic heterocycles. The summed E-state index contributed by atoms with van der Waals surface area (Å²) < 4.78 is 16.7. The molecule has 0 saturated carbocycles. The van der Waals surface area contributed by atoms with Crippen LogP contribution in [0.2, 0.25) is 0 Å². The molecule has 33 heavy (non-hydrogen) atoms. The summed E-state index contributed by atoms with van der Waals surface area (Å²) in [5.74, 6) is -1.21. The number of aryl methyl sites for hydroxylation is 2. The van der Waals surface area contributed by atoms with E-state index in [-0.39, 0.29) is 22.4 Å². The van der Waals surface area contributed by atoms with Crippen LogP contribution in [0.25, 0.3) is 11.1 Å². The largest absolute Gasteiger partial charge is 0.504 e.